The highest BCUT2D eigenvalue weighted by atomic mass is 35.5. The number of amides is 3. The van der Waals surface area contributed by atoms with Crippen LogP contribution >= 0.6 is 58.0 Å². The average molecular weight is 573 g/mol. The smallest absolute Gasteiger partial charge is 0.264 e. The number of hydrogen-bond acceptors (Lipinski definition) is 3. The third-order valence-corrected chi connectivity index (χ3v) is 8.12. The van der Waals surface area contributed by atoms with Crippen LogP contribution in [0.4, 0.5) is 10.1 Å². The van der Waals surface area contributed by atoms with Crippen molar-refractivity contribution in [1.29, 1.82) is 0 Å². The molecule has 0 N–H and O–H groups in total. The number of carbonyl (C=O) groups is 3. The SMILES string of the molecule is Cc1cc(Cl)ccc1N1C(=O)[C@H](N2C(=O)c3c(Cl)c(Cl)c(Cl)c(Cl)c3C2=O)[C@H]1c1cccc(F)c1. The van der Waals surface area contributed by atoms with Crippen molar-refractivity contribution in [2.75, 3.05) is 4.90 Å². The number of imide groups is 1. The van der Waals surface area contributed by atoms with Gasteiger partial charge in [0.05, 0.1) is 37.3 Å². The lowest BCUT2D eigenvalue weighted by molar-refractivity contribution is -0.130. The van der Waals surface area contributed by atoms with Gasteiger partial charge in [-0.25, -0.2) is 4.39 Å². The topological polar surface area (TPSA) is 57.7 Å². The summed E-state index contributed by atoms with van der Waals surface area (Å²) in [6.45, 7) is 1.76. The minimum absolute atomic E-state index is 0.180. The molecule has 35 heavy (non-hydrogen) atoms. The van der Waals surface area contributed by atoms with Gasteiger partial charge in [0.15, 0.2) is 0 Å². The number of benzene rings is 3. The van der Waals surface area contributed by atoms with E-state index in [2.05, 4.69) is 0 Å². The summed E-state index contributed by atoms with van der Waals surface area (Å²) >= 11 is 30.8. The van der Waals surface area contributed by atoms with Crippen LogP contribution in [-0.2, 0) is 4.79 Å². The lowest BCUT2D eigenvalue weighted by atomic mass is 9.85. The van der Waals surface area contributed by atoms with Crippen LogP contribution in [0.2, 0.25) is 25.1 Å². The molecule has 2 heterocycles. The highest BCUT2D eigenvalue weighted by molar-refractivity contribution is 6.55. The fraction of sp³-hybridized carbons (Fsp3) is 0.125. The van der Waals surface area contributed by atoms with E-state index in [1.165, 1.54) is 23.1 Å². The van der Waals surface area contributed by atoms with E-state index in [-0.39, 0.29) is 31.2 Å². The molecule has 0 bridgehead atoms. The van der Waals surface area contributed by atoms with E-state index in [0.29, 0.717) is 21.8 Å². The molecule has 5 rings (SSSR count). The number of carbonyl (C=O) groups excluding carboxylic acids is 3. The van der Waals surface area contributed by atoms with Crippen LogP contribution in [0.15, 0.2) is 42.5 Å². The first kappa shape index (κ1) is 24.3. The number of hydrogen-bond donors (Lipinski definition) is 0. The lowest BCUT2D eigenvalue weighted by Crippen LogP contribution is -2.67. The summed E-state index contributed by atoms with van der Waals surface area (Å²) in [5.41, 5.74) is 1.10. The monoisotopic (exact) mass is 570 g/mol. The molecule has 2 aliphatic heterocycles. The molecule has 5 nitrogen and oxygen atoms in total. The minimum Gasteiger partial charge on any atom is -0.300 e. The van der Waals surface area contributed by atoms with Crippen molar-refractivity contribution in [3.05, 3.63) is 95.6 Å². The highest BCUT2D eigenvalue weighted by Crippen LogP contribution is 2.49. The minimum atomic E-state index is -1.29. The van der Waals surface area contributed by atoms with Gasteiger partial charge in [0.25, 0.3) is 17.7 Å². The molecule has 0 aromatic heterocycles. The Bertz CT molecular complexity index is 1430. The molecule has 1 fully saturated rings. The van der Waals surface area contributed by atoms with Crippen LogP contribution in [0.25, 0.3) is 0 Å². The number of anilines is 1. The van der Waals surface area contributed by atoms with Gasteiger partial charge in [-0.1, -0.05) is 70.1 Å². The van der Waals surface area contributed by atoms with E-state index in [4.69, 9.17) is 58.0 Å². The standard InChI is InChI=1S/C24H12Cl5FN2O3/c1-9-7-11(25)5-6-13(9)31-20(10-3-2-4-12(30)8-10)21(24(31)35)32-22(33)14-15(23(32)34)17(27)19(29)18(28)16(14)26/h2-8,20-21H,1H3/t20-,21-/m1/s1. The summed E-state index contributed by atoms with van der Waals surface area (Å²) in [6, 6.07) is 8.34. The van der Waals surface area contributed by atoms with Gasteiger partial charge in [-0.15, -0.1) is 0 Å². The van der Waals surface area contributed by atoms with Gasteiger partial charge in [0.1, 0.15) is 11.9 Å². The molecule has 11 heteroatoms. The molecule has 3 amide bonds. The van der Waals surface area contributed by atoms with E-state index < -0.39 is 35.6 Å². The summed E-state index contributed by atoms with van der Waals surface area (Å²) in [4.78, 5) is 42.6. The largest absolute Gasteiger partial charge is 0.300 e. The second kappa shape index (κ2) is 8.64. The third-order valence-electron chi connectivity index (χ3n) is 6.09. The Hall–Kier alpha value is -2.35. The van der Waals surface area contributed by atoms with Crippen molar-refractivity contribution >= 4 is 81.4 Å². The number of aryl methyl sites for hydroxylation is 1. The molecule has 3 aromatic carbocycles. The first-order chi connectivity index (χ1) is 16.5. The van der Waals surface area contributed by atoms with Gasteiger partial charge in [-0.05, 0) is 48.4 Å². The van der Waals surface area contributed by atoms with Crippen molar-refractivity contribution in [2.45, 2.75) is 19.0 Å². The van der Waals surface area contributed by atoms with Crippen LogP contribution in [0, 0.1) is 12.7 Å². The maximum Gasteiger partial charge on any atom is 0.264 e. The molecule has 0 unspecified atom stereocenters. The quantitative estimate of drug-likeness (QED) is 0.145. The Morgan fingerprint density at radius 1 is 0.743 bits per heavy atom. The zero-order valence-electron chi connectivity index (χ0n) is 17.6. The Balaban J connectivity index is 1.65. The Labute approximate surface area is 223 Å². The Morgan fingerprint density at radius 2 is 1.34 bits per heavy atom. The number of β-lactam (4-membered cyclic amide) rings is 1. The molecular formula is C24H12Cl5FN2O3. The highest BCUT2D eigenvalue weighted by Gasteiger charge is 2.58. The molecule has 2 aliphatic rings. The van der Waals surface area contributed by atoms with E-state index in [0.717, 1.165) is 4.90 Å². The zero-order valence-corrected chi connectivity index (χ0v) is 21.4. The molecule has 1 saturated heterocycles. The fourth-order valence-electron chi connectivity index (χ4n) is 4.52. The second-order valence-corrected chi connectivity index (χ2v) is 10.0. The van der Waals surface area contributed by atoms with Crippen LogP contribution < -0.4 is 4.90 Å². The number of nitrogens with zero attached hydrogens (tertiary/aromatic N) is 2. The van der Waals surface area contributed by atoms with Gasteiger partial charge >= 0.3 is 0 Å². The zero-order chi connectivity index (χ0) is 25.3. The lowest BCUT2D eigenvalue weighted by Gasteiger charge is -2.50. The maximum absolute atomic E-state index is 14.2. The van der Waals surface area contributed by atoms with E-state index in [1.54, 1.807) is 31.2 Å². The first-order valence-electron chi connectivity index (χ1n) is 10.1. The number of rotatable bonds is 3. The molecule has 0 spiro atoms. The maximum atomic E-state index is 14.2. The van der Waals surface area contributed by atoms with Crippen LogP contribution in [-0.4, -0.2) is 28.7 Å². The third kappa shape index (κ3) is 3.54. The normalized spacial score (nSPS) is 19.3. The molecular weight excluding hydrogens is 561 g/mol. The Morgan fingerprint density at radius 3 is 1.89 bits per heavy atom. The average Bonchev–Trinajstić information content (AvgIpc) is 3.06. The summed E-state index contributed by atoms with van der Waals surface area (Å²) in [7, 11) is 0. The van der Waals surface area contributed by atoms with Gasteiger partial charge in [0, 0.05) is 10.7 Å². The van der Waals surface area contributed by atoms with Crippen LogP contribution in [0.3, 0.4) is 0 Å². The summed E-state index contributed by atoms with van der Waals surface area (Å²) in [5.74, 6) is -2.78. The second-order valence-electron chi connectivity index (χ2n) is 8.07. The summed E-state index contributed by atoms with van der Waals surface area (Å²) in [6.07, 6.45) is 0. The fourth-order valence-corrected chi connectivity index (χ4v) is 5.77. The molecule has 2 atom stereocenters. The number of fused-ring (bicyclic) bond motifs is 1. The van der Waals surface area contributed by atoms with Gasteiger partial charge in [0.2, 0.25) is 0 Å². The molecule has 0 aliphatic carbocycles. The summed E-state index contributed by atoms with van der Waals surface area (Å²) < 4.78 is 14.2. The van der Waals surface area contributed by atoms with Gasteiger partial charge in [-0.2, -0.15) is 0 Å². The van der Waals surface area contributed by atoms with Crippen molar-refractivity contribution < 1.29 is 18.8 Å². The van der Waals surface area contributed by atoms with Gasteiger partial charge in [-0.3, -0.25) is 19.3 Å². The van der Waals surface area contributed by atoms with Gasteiger partial charge < -0.3 is 4.90 Å². The number of halogens is 6. The molecule has 3 aromatic rings. The van der Waals surface area contributed by atoms with Crippen molar-refractivity contribution in [2.24, 2.45) is 0 Å². The van der Waals surface area contributed by atoms with Crippen LogP contribution in [0.5, 0.6) is 0 Å². The van der Waals surface area contributed by atoms with Crippen molar-refractivity contribution in [3.63, 3.8) is 0 Å². The van der Waals surface area contributed by atoms with Crippen LogP contribution in [0.1, 0.15) is 37.9 Å². The van der Waals surface area contributed by atoms with Crippen molar-refractivity contribution in [3.8, 4) is 0 Å². The van der Waals surface area contributed by atoms with Crippen molar-refractivity contribution in [1.82, 2.24) is 4.90 Å². The molecule has 178 valence electrons. The van der Waals surface area contributed by atoms with E-state index >= 15 is 0 Å². The molecule has 0 saturated carbocycles. The predicted molar refractivity (Wildman–Crippen MR) is 134 cm³/mol. The first-order valence-corrected chi connectivity index (χ1v) is 12.0. The summed E-state index contributed by atoms with van der Waals surface area (Å²) in [5, 5.41) is -0.371. The van der Waals surface area contributed by atoms with E-state index in [1.807, 2.05) is 0 Å². The Kier molecular flexibility index (Phi) is 6.01. The predicted octanol–water partition coefficient (Wildman–Crippen LogP) is 7.15. The molecule has 0 radical (unpaired) electrons. The van der Waals surface area contributed by atoms with E-state index in [9.17, 15) is 18.8 Å².